The molecule has 3 aliphatic heterocycles. The van der Waals surface area contributed by atoms with E-state index < -0.39 is 76.4 Å². The van der Waals surface area contributed by atoms with Crippen LogP contribution in [-0.2, 0) is 36.7 Å². The van der Waals surface area contributed by atoms with E-state index in [2.05, 4.69) is 27.2 Å². The number of aromatic nitrogens is 5. The predicted octanol–water partition coefficient (Wildman–Crippen LogP) is 1.86. The first-order valence-electron chi connectivity index (χ1n) is 13.1. The summed E-state index contributed by atoms with van der Waals surface area (Å²) in [7, 11) is -4.76. The zero-order valence-corrected chi connectivity index (χ0v) is 24.7. The first-order chi connectivity index (χ1) is 20.5. The molecule has 3 saturated heterocycles. The number of H-pyrrole nitrogens is 1. The minimum atomic E-state index is -4.76. The second kappa shape index (κ2) is 10.8. The number of para-hydroxylation sites is 1. The molecule has 0 aliphatic carbocycles. The van der Waals surface area contributed by atoms with Gasteiger partial charge < -0.3 is 29.8 Å². The third kappa shape index (κ3) is 5.47. The Hall–Kier alpha value is -2.60. The molecule has 43 heavy (non-hydrogen) atoms. The average molecular weight is 657 g/mol. The van der Waals surface area contributed by atoms with Crippen LogP contribution in [0.4, 0.5) is 5.95 Å². The SMILES string of the molecule is Nc1nc2c(ncn2C2OC3COP(=O)(O)OC4CC(n5ccc6ccccc65)OC4COP(=O)(S)OC2C3O)c(=O)[nH]1. The van der Waals surface area contributed by atoms with Crippen LogP contribution in [-0.4, -0.2) is 77.8 Å². The molecule has 9 unspecified atom stereocenters. The number of benzene rings is 1. The van der Waals surface area contributed by atoms with Gasteiger partial charge in [-0.1, -0.05) is 30.4 Å². The molecule has 0 spiro atoms. The van der Waals surface area contributed by atoms with E-state index in [9.17, 15) is 23.9 Å². The number of hydrogen-bond donors (Lipinski definition) is 5. The first-order valence-corrected chi connectivity index (χ1v) is 17.3. The molecule has 6 heterocycles. The first kappa shape index (κ1) is 29.1. The lowest BCUT2D eigenvalue weighted by Gasteiger charge is -2.26. The molecule has 4 aromatic rings. The number of fused-ring (bicyclic) bond motifs is 5. The fraction of sp³-hybridized carbons (Fsp3) is 0.435. The van der Waals surface area contributed by atoms with Gasteiger partial charge in [0.2, 0.25) is 5.95 Å². The van der Waals surface area contributed by atoms with Crippen molar-refractivity contribution in [3.05, 3.63) is 53.2 Å². The van der Waals surface area contributed by atoms with E-state index in [-0.39, 0.29) is 23.5 Å². The topological polar surface area (TPSA) is 224 Å². The number of phosphoric ester groups is 1. The van der Waals surface area contributed by atoms with Crippen molar-refractivity contribution in [1.29, 1.82) is 0 Å². The van der Waals surface area contributed by atoms with Crippen molar-refractivity contribution in [2.45, 2.75) is 49.4 Å². The monoisotopic (exact) mass is 656 g/mol. The maximum absolute atomic E-state index is 13.5. The minimum absolute atomic E-state index is 0.0217. The van der Waals surface area contributed by atoms with E-state index in [1.165, 1.54) is 10.9 Å². The molecule has 7 rings (SSSR count). The molecular weight excluding hydrogens is 630 g/mol. The second-order valence-electron chi connectivity index (χ2n) is 10.2. The van der Waals surface area contributed by atoms with E-state index >= 15 is 0 Å². The zero-order chi connectivity index (χ0) is 30.1. The van der Waals surface area contributed by atoms with Gasteiger partial charge in [-0.05, 0) is 17.5 Å². The summed E-state index contributed by atoms with van der Waals surface area (Å²) in [5.41, 5.74) is 5.83. The van der Waals surface area contributed by atoms with Gasteiger partial charge >= 0.3 is 14.6 Å². The Labute approximate surface area is 247 Å². The van der Waals surface area contributed by atoms with Gasteiger partial charge in [0, 0.05) is 12.6 Å². The molecule has 230 valence electrons. The number of thiol groups is 1. The van der Waals surface area contributed by atoms with Crippen LogP contribution in [0.5, 0.6) is 0 Å². The highest BCUT2D eigenvalue weighted by molar-refractivity contribution is 8.44. The molecular formula is C23H26N6O11P2S. The number of phosphoric acid groups is 1. The smallest absolute Gasteiger partial charge is 0.387 e. The van der Waals surface area contributed by atoms with Gasteiger partial charge in [-0.25, -0.2) is 14.1 Å². The largest absolute Gasteiger partial charge is 0.472 e. The highest BCUT2D eigenvalue weighted by Gasteiger charge is 2.51. The third-order valence-electron chi connectivity index (χ3n) is 7.49. The maximum Gasteiger partial charge on any atom is 0.472 e. The molecule has 3 aromatic heterocycles. The number of nitrogens with two attached hydrogens (primary N) is 1. The minimum Gasteiger partial charge on any atom is -0.387 e. The lowest BCUT2D eigenvalue weighted by molar-refractivity contribution is -0.0618. The molecule has 20 heteroatoms. The summed E-state index contributed by atoms with van der Waals surface area (Å²) in [6.07, 6.45) is -5.09. The van der Waals surface area contributed by atoms with Crippen LogP contribution >= 0.6 is 26.9 Å². The number of aromatic amines is 1. The van der Waals surface area contributed by atoms with Crippen LogP contribution in [0.2, 0.25) is 0 Å². The Kier molecular flexibility index (Phi) is 7.31. The van der Waals surface area contributed by atoms with E-state index in [0.717, 1.165) is 10.9 Å². The quantitative estimate of drug-likeness (QED) is 0.153. The number of aliphatic hydroxyl groups is 1. The Balaban J connectivity index is 1.19. The standard InChI is InChI=1S/C23H26N6O11P2S/c24-23-26-20-17(21(31)27-23)25-10-29(20)22-19-18(30)15(38-22)9-35-41(32,33)39-13-7-16(37-14(13)8-36-42(34,43)40-19)28-6-5-11-3-1-2-4-12(11)28/h1-6,10,13-16,18-19,22,30H,7-9H2,(H,32,33)(H,34,43)(H3,24,26,27,31). The lowest BCUT2D eigenvalue weighted by atomic mass is 10.1. The number of hydrogen-bond acceptors (Lipinski definition) is 13. The number of aliphatic hydroxyl groups excluding tert-OH is 1. The van der Waals surface area contributed by atoms with Crippen molar-refractivity contribution >= 4 is 54.9 Å². The molecule has 17 nitrogen and oxygen atoms in total. The number of anilines is 1. The summed E-state index contributed by atoms with van der Waals surface area (Å²) in [6, 6.07) is 9.52. The summed E-state index contributed by atoms with van der Waals surface area (Å²) in [5, 5.41) is 12.0. The molecule has 5 N–H and O–H groups in total. The Morgan fingerprint density at radius 2 is 1.84 bits per heavy atom. The van der Waals surface area contributed by atoms with E-state index in [4.69, 9.17) is 33.3 Å². The summed E-state index contributed by atoms with van der Waals surface area (Å²) >= 11 is 4.11. The normalized spacial score (nSPS) is 37.1. The van der Waals surface area contributed by atoms with Crippen LogP contribution in [0.3, 0.4) is 0 Å². The van der Waals surface area contributed by atoms with Gasteiger partial charge in [0.25, 0.3) is 5.56 Å². The molecule has 0 saturated carbocycles. The summed E-state index contributed by atoms with van der Waals surface area (Å²) in [4.78, 5) is 33.4. The van der Waals surface area contributed by atoms with Crippen LogP contribution < -0.4 is 11.3 Å². The van der Waals surface area contributed by atoms with Crippen LogP contribution in [0.1, 0.15) is 18.9 Å². The van der Waals surface area contributed by atoms with Crippen LogP contribution in [0.25, 0.3) is 22.1 Å². The Morgan fingerprint density at radius 1 is 1.05 bits per heavy atom. The van der Waals surface area contributed by atoms with E-state index in [1.807, 2.05) is 41.1 Å². The van der Waals surface area contributed by atoms with Gasteiger partial charge in [-0.3, -0.25) is 32.4 Å². The van der Waals surface area contributed by atoms with Crippen molar-refractivity contribution in [3.63, 3.8) is 0 Å². The van der Waals surface area contributed by atoms with Crippen LogP contribution in [0, 0.1) is 0 Å². The summed E-state index contributed by atoms with van der Waals surface area (Å²) in [5.74, 6) is -0.212. The van der Waals surface area contributed by atoms with Crippen molar-refractivity contribution in [2.24, 2.45) is 0 Å². The highest BCUT2D eigenvalue weighted by Crippen LogP contribution is 2.58. The fourth-order valence-corrected chi connectivity index (χ4v) is 7.95. The highest BCUT2D eigenvalue weighted by atomic mass is 32.7. The number of nitrogens with one attached hydrogen (secondary N) is 1. The van der Waals surface area contributed by atoms with Crippen molar-refractivity contribution in [1.82, 2.24) is 24.1 Å². The van der Waals surface area contributed by atoms with Gasteiger partial charge in [-0.2, -0.15) is 4.98 Å². The van der Waals surface area contributed by atoms with Crippen molar-refractivity contribution < 1.29 is 46.7 Å². The van der Waals surface area contributed by atoms with Crippen molar-refractivity contribution in [2.75, 3.05) is 18.9 Å². The second-order valence-corrected chi connectivity index (χ2v) is 14.5. The molecule has 9 atom stereocenters. The average Bonchev–Trinajstić information content (AvgIpc) is 3.71. The van der Waals surface area contributed by atoms with E-state index in [0.29, 0.717) is 0 Å². The van der Waals surface area contributed by atoms with Gasteiger partial charge in [0.05, 0.1) is 25.1 Å². The summed E-state index contributed by atoms with van der Waals surface area (Å²) in [6.45, 7) is -5.31. The molecule has 3 fully saturated rings. The fourth-order valence-electron chi connectivity index (χ4n) is 5.53. The lowest BCUT2D eigenvalue weighted by Crippen LogP contribution is -2.35. The van der Waals surface area contributed by atoms with Gasteiger partial charge in [-0.15, -0.1) is 0 Å². The van der Waals surface area contributed by atoms with Gasteiger partial charge in [0.1, 0.15) is 36.7 Å². The number of nitrogens with zero attached hydrogens (tertiary/aromatic N) is 4. The number of rotatable bonds is 2. The van der Waals surface area contributed by atoms with E-state index in [1.54, 1.807) is 0 Å². The molecule has 3 aliphatic rings. The number of nitrogen functional groups attached to an aromatic ring is 1. The Bertz CT molecular complexity index is 1850. The molecule has 2 bridgehead atoms. The summed E-state index contributed by atoms with van der Waals surface area (Å²) < 4.78 is 63.7. The Morgan fingerprint density at radius 3 is 2.67 bits per heavy atom. The third-order valence-corrected chi connectivity index (χ3v) is 10.1. The number of imidazole rings is 1. The van der Waals surface area contributed by atoms with Crippen molar-refractivity contribution in [3.8, 4) is 0 Å². The zero-order valence-electron chi connectivity index (χ0n) is 22.0. The molecule has 0 radical (unpaired) electrons. The predicted molar refractivity (Wildman–Crippen MR) is 151 cm³/mol. The molecule has 1 aromatic carbocycles. The molecule has 0 amide bonds. The van der Waals surface area contributed by atoms with Crippen LogP contribution in [0.15, 0.2) is 47.7 Å². The number of ether oxygens (including phenoxy) is 2. The van der Waals surface area contributed by atoms with Gasteiger partial charge in [0.15, 0.2) is 17.4 Å². The maximum atomic E-state index is 13.5.